The Morgan fingerprint density at radius 3 is 2.53 bits per heavy atom. The van der Waals surface area contributed by atoms with Crippen LogP contribution in [0.15, 0.2) is 0 Å². The number of rotatable bonds is 6. The average Bonchev–Trinajstić information content (AvgIpc) is 2.85. The lowest BCUT2D eigenvalue weighted by Crippen LogP contribution is -2.23. The number of hydrogen-bond donors (Lipinski definition) is 0. The summed E-state index contributed by atoms with van der Waals surface area (Å²) in [6.45, 7) is 7.70. The summed E-state index contributed by atoms with van der Waals surface area (Å²) in [5.41, 5.74) is 0.310. The van der Waals surface area contributed by atoms with E-state index in [2.05, 4.69) is 6.92 Å². The number of hydrogen-bond acceptors (Lipinski definition) is 3. The summed E-state index contributed by atoms with van der Waals surface area (Å²) in [5, 5.41) is 0. The molecule has 3 heteroatoms. The number of carbonyl (C=O) groups is 1. The molecule has 2 aliphatic carbocycles. The molecule has 0 radical (unpaired) electrons. The lowest BCUT2D eigenvalue weighted by Gasteiger charge is -2.28. The number of carbonyl (C=O) groups excluding carboxylic acids is 1. The lowest BCUT2D eigenvalue weighted by atomic mass is 9.76. The highest BCUT2D eigenvalue weighted by molar-refractivity contribution is 5.82. The zero-order valence-electron chi connectivity index (χ0n) is 12.6. The summed E-state index contributed by atoms with van der Waals surface area (Å²) in [5.74, 6) is 1.71. The van der Waals surface area contributed by atoms with E-state index < -0.39 is 0 Å². The maximum absolute atomic E-state index is 11.7. The van der Waals surface area contributed by atoms with Crippen LogP contribution in [0.3, 0.4) is 0 Å². The van der Waals surface area contributed by atoms with Gasteiger partial charge in [-0.15, -0.1) is 0 Å². The Kier molecular flexibility index (Phi) is 5.02. The minimum absolute atomic E-state index is 0.0532. The fourth-order valence-corrected chi connectivity index (χ4v) is 4.11. The largest absolute Gasteiger partial charge is 0.353 e. The SMILES string of the molecule is CCOC(C[C@@H]1CC[C@]2(CC(=O)C[C@@H]2C)C1)OCC. The topological polar surface area (TPSA) is 35.5 Å². The molecular weight excluding hydrogens is 240 g/mol. The summed E-state index contributed by atoms with van der Waals surface area (Å²) >= 11 is 0. The predicted octanol–water partition coefficient (Wildman–Crippen LogP) is 3.56. The maximum atomic E-state index is 11.7. The van der Waals surface area contributed by atoms with Gasteiger partial charge in [0.05, 0.1) is 0 Å². The van der Waals surface area contributed by atoms with Crippen LogP contribution in [0.5, 0.6) is 0 Å². The molecule has 0 unspecified atom stereocenters. The Hall–Kier alpha value is -0.410. The van der Waals surface area contributed by atoms with E-state index in [1.54, 1.807) is 0 Å². The smallest absolute Gasteiger partial charge is 0.157 e. The Labute approximate surface area is 117 Å². The molecule has 3 nitrogen and oxygen atoms in total. The van der Waals surface area contributed by atoms with Crippen molar-refractivity contribution in [1.82, 2.24) is 0 Å². The van der Waals surface area contributed by atoms with Gasteiger partial charge in [0.25, 0.3) is 0 Å². The summed E-state index contributed by atoms with van der Waals surface area (Å²) in [4.78, 5) is 11.7. The van der Waals surface area contributed by atoms with Gasteiger partial charge in [0.15, 0.2) is 6.29 Å². The van der Waals surface area contributed by atoms with E-state index in [9.17, 15) is 4.79 Å². The molecule has 0 saturated heterocycles. The average molecular weight is 268 g/mol. The Bertz CT molecular complexity index is 309. The van der Waals surface area contributed by atoms with Gasteiger partial charge in [-0.2, -0.15) is 0 Å². The molecule has 0 amide bonds. The van der Waals surface area contributed by atoms with Crippen molar-refractivity contribution in [3.63, 3.8) is 0 Å². The van der Waals surface area contributed by atoms with Crippen LogP contribution in [-0.2, 0) is 14.3 Å². The molecule has 0 aliphatic heterocycles. The summed E-state index contributed by atoms with van der Waals surface area (Å²) in [6.07, 6.45) is 6.19. The number of ether oxygens (including phenoxy) is 2. The first-order valence-corrected chi connectivity index (χ1v) is 7.84. The zero-order valence-corrected chi connectivity index (χ0v) is 12.6. The second-order valence-corrected chi connectivity index (χ2v) is 6.37. The van der Waals surface area contributed by atoms with Crippen molar-refractivity contribution in [3.8, 4) is 0 Å². The fourth-order valence-electron chi connectivity index (χ4n) is 4.11. The van der Waals surface area contributed by atoms with Crippen LogP contribution >= 0.6 is 0 Å². The lowest BCUT2D eigenvalue weighted by molar-refractivity contribution is -0.146. The summed E-state index contributed by atoms with van der Waals surface area (Å²) in [6, 6.07) is 0. The first-order valence-electron chi connectivity index (χ1n) is 7.84. The van der Waals surface area contributed by atoms with E-state index in [1.807, 2.05) is 13.8 Å². The van der Waals surface area contributed by atoms with E-state index in [-0.39, 0.29) is 6.29 Å². The molecule has 0 aromatic heterocycles. The highest BCUT2D eigenvalue weighted by Crippen LogP contribution is 2.55. The Morgan fingerprint density at radius 2 is 2.00 bits per heavy atom. The van der Waals surface area contributed by atoms with Gasteiger partial charge < -0.3 is 9.47 Å². The van der Waals surface area contributed by atoms with E-state index >= 15 is 0 Å². The van der Waals surface area contributed by atoms with Gasteiger partial charge in [0, 0.05) is 32.5 Å². The monoisotopic (exact) mass is 268 g/mol. The summed E-state index contributed by atoms with van der Waals surface area (Å²) < 4.78 is 11.3. The molecule has 19 heavy (non-hydrogen) atoms. The standard InChI is InChI=1S/C16H28O3/c1-4-18-15(19-5-2)9-13-6-7-16(10-13)11-14(17)8-12(16)3/h12-13,15H,4-11H2,1-3H3/t12-,13-,16+/m0/s1. The van der Waals surface area contributed by atoms with Gasteiger partial charge in [-0.05, 0) is 50.4 Å². The Balaban J connectivity index is 1.89. The van der Waals surface area contributed by atoms with E-state index in [0.29, 0.717) is 36.2 Å². The molecular formula is C16H28O3. The third-order valence-electron chi connectivity index (χ3n) is 5.11. The van der Waals surface area contributed by atoms with Gasteiger partial charge in [0.1, 0.15) is 5.78 Å². The molecule has 110 valence electrons. The van der Waals surface area contributed by atoms with Gasteiger partial charge >= 0.3 is 0 Å². The van der Waals surface area contributed by atoms with Crippen LogP contribution in [0.2, 0.25) is 0 Å². The van der Waals surface area contributed by atoms with Crippen LogP contribution in [0.4, 0.5) is 0 Å². The highest BCUT2D eigenvalue weighted by atomic mass is 16.7. The van der Waals surface area contributed by atoms with E-state index in [0.717, 1.165) is 19.3 Å². The quantitative estimate of drug-likeness (QED) is 0.691. The van der Waals surface area contributed by atoms with Crippen molar-refractivity contribution in [2.45, 2.75) is 65.6 Å². The maximum Gasteiger partial charge on any atom is 0.157 e. The zero-order chi connectivity index (χ0) is 13.9. The molecule has 0 N–H and O–H groups in total. The number of Topliss-reactive ketones (excluding diaryl/α,β-unsaturated/α-hetero) is 1. The second-order valence-electron chi connectivity index (χ2n) is 6.37. The predicted molar refractivity (Wildman–Crippen MR) is 74.8 cm³/mol. The van der Waals surface area contributed by atoms with Crippen LogP contribution < -0.4 is 0 Å². The second kappa shape index (κ2) is 6.36. The van der Waals surface area contributed by atoms with Crippen molar-refractivity contribution < 1.29 is 14.3 Å². The number of ketones is 1. The molecule has 2 saturated carbocycles. The Morgan fingerprint density at radius 1 is 1.32 bits per heavy atom. The molecule has 2 aliphatic rings. The third-order valence-corrected chi connectivity index (χ3v) is 5.11. The molecule has 1 spiro atoms. The highest BCUT2D eigenvalue weighted by Gasteiger charge is 2.49. The first-order chi connectivity index (χ1) is 9.09. The summed E-state index contributed by atoms with van der Waals surface area (Å²) in [7, 11) is 0. The van der Waals surface area contributed by atoms with Crippen molar-refractivity contribution in [1.29, 1.82) is 0 Å². The van der Waals surface area contributed by atoms with Gasteiger partial charge in [-0.25, -0.2) is 0 Å². The minimum atomic E-state index is -0.0532. The molecule has 0 heterocycles. The molecule has 3 atom stereocenters. The van der Waals surface area contributed by atoms with Crippen molar-refractivity contribution >= 4 is 5.78 Å². The molecule has 0 bridgehead atoms. The van der Waals surface area contributed by atoms with Crippen LogP contribution in [0.25, 0.3) is 0 Å². The fraction of sp³-hybridized carbons (Fsp3) is 0.938. The van der Waals surface area contributed by atoms with E-state index in [1.165, 1.54) is 19.3 Å². The molecule has 2 fully saturated rings. The molecule has 0 aromatic rings. The van der Waals surface area contributed by atoms with Gasteiger partial charge in [-0.1, -0.05) is 6.92 Å². The minimum Gasteiger partial charge on any atom is -0.353 e. The van der Waals surface area contributed by atoms with Gasteiger partial charge in [0.2, 0.25) is 0 Å². The molecule has 2 rings (SSSR count). The third kappa shape index (κ3) is 3.38. The van der Waals surface area contributed by atoms with Crippen LogP contribution in [0.1, 0.15) is 59.3 Å². The molecule has 0 aromatic carbocycles. The van der Waals surface area contributed by atoms with Crippen LogP contribution in [0, 0.1) is 17.3 Å². The van der Waals surface area contributed by atoms with Crippen molar-refractivity contribution in [3.05, 3.63) is 0 Å². The van der Waals surface area contributed by atoms with Gasteiger partial charge in [-0.3, -0.25) is 4.79 Å². The normalized spacial score (nSPS) is 34.8. The first kappa shape index (κ1) is 15.0. The van der Waals surface area contributed by atoms with E-state index in [4.69, 9.17) is 9.47 Å². The van der Waals surface area contributed by atoms with Crippen molar-refractivity contribution in [2.24, 2.45) is 17.3 Å². The van der Waals surface area contributed by atoms with Crippen LogP contribution in [-0.4, -0.2) is 25.3 Å². The van der Waals surface area contributed by atoms with Crippen molar-refractivity contribution in [2.75, 3.05) is 13.2 Å².